The Balaban J connectivity index is 0.000000156. The molecule has 0 radical (unpaired) electrons. The van der Waals surface area contributed by atoms with Crippen molar-refractivity contribution in [2.24, 2.45) is 5.73 Å². The van der Waals surface area contributed by atoms with Crippen LogP contribution in [0.5, 0.6) is 0 Å². The van der Waals surface area contributed by atoms with Gasteiger partial charge in [-0.05, 0) is 43.0 Å². The first-order chi connectivity index (χ1) is 13.0. The van der Waals surface area contributed by atoms with Crippen molar-refractivity contribution in [3.8, 4) is 0 Å². The van der Waals surface area contributed by atoms with Gasteiger partial charge in [-0.1, -0.05) is 49.9 Å². The predicted molar refractivity (Wildman–Crippen MR) is 116 cm³/mol. The third-order valence-electron chi connectivity index (χ3n) is 4.61. The van der Waals surface area contributed by atoms with Gasteiger partial charge >= 0.3 is 0 Å². The summed E-state index contributed by atoms with van der Waals surface area (Å²) in [6.45, 7) is 11.1. The molecule has 140 valence electrons. The number of allylic oxidation sites excluding steroid dienone is 1. The van der Waals surface area contributed by atoms with Crippen molar-refractivity contribution in [2.75, 3.05) is 11.4 Å². The second-order valence-corrected chi connectivity index (χ2v) is 7.04. The first-order valence-corrected chi connectivity index (χ1v) is 9.49. The number of aryl methyl sites for hydroxylation is 1. The third kappa shape index (κ3) is 4.34. The van der Waals surface area contributed by atoms with Crippen LogP contribution in [0.25, 0.3) is 16.6 Å². The SMILES string of the molecule is C=C(N)c1cc2cc(Cl)ncc2[nH]1.C=C1CCc2ccccc2N1CCC. The lowest BCUT2D eigenvalue weighted by Crippen LogP contribution is -2.27. The van der Waals surface area contributed by atoms with Crippen molar-refractivity contribution in [1.29, 1.82) is 0 Å². The molecule has 0 saturated heterocycles. The Kier molecular flexibility index (Phi) is 5.87. The molecule has 3 N–H and O–H groups in total. The van der Waals surface area contributed by atoms with Gasteiger partial charge in [0.25, 0.3) is 0 Å². The Morgan fingerprint density at radius 2 is 2.07 bits per heavy atom. The van der Waals surface area contributed by atoms with Gasteiger partial charge in [0.1, 0.15) is 5.15 Å². The number of aromatic amines is 1. The van der Waals surface area contributed by atoms with Crippen LogP contribution < -0.4 is 10.6 Å². The summed E-state index contributed by atoms with van der Waals surface area (Å²) in [5, 5.41) is 1.46. The Hall–Kier alpha value is -2.72. The molecular weight excluding hydrogens is 356 g/mol. The summed E-state index contributed by atoms with van der Waals surface area (Å²) in [6.07, 6.45) is 5.10. The number of aromatic nitrogens is 2. The summed E-state index contributed by atoms with van der Waals surface area (Å²) in [5.41, 5.74) is 11.9. The highest BCUT2D eigenvalue weighted by Crippen LogP contribution is 2.31. The number of nitrogens with zero attached hydrogens (tertiary/aromatic N) is 2. The standard InChI is InChI=1S/C13H17N.C9H8ClN3/c1-3-10-14-11(2)8-9-12-6-4-5-7-13(12)14;1-5(11)7-2-6-3-9(10)12-4-8(6)13-7/h4-7H,2-3,8-10H2,1H3;2-4,13H,1,11H2. The topological polar surface area (TPSA) is 57.9 Å². The molecule has 27 heavy (non-hydrogen) atoms. The number of halogens is 1. The fourth-order valence-corrected chi connectivity index (χ4v) is 3.42. The maximum atomic E-state index is 5.73. The van der Waals surface area contributed by atoms with E-state index in [0.717, 1.165) is 36.0 Å². The van der Waals surface area contributed by atoms with Crippen LogP contribution in [0.1, 0.15) is 31.0 Å². The second kappa shape index (κ2) is 8.31. The van der Waals surface area contributed by atoms with Crippen LogP contribution in [0, 0.1) is 0 Å². The van der Waals surface area contributed by atoms with Crippen molar-refractivity contribution in [1.82, 2.24) is 9.97 Å². The highest BCUT2D eigenvalue weighted by atomic mass is 35.5. The van der Waals surface area contributed by atoms with E-state index >= 15 is 0 Å². The smallest absolute Gasteiger partial charge is 0.129 e. The zero-order valence-corrected chi connectivity index (χ0v) is 16.4. The van der Waals surface area contributed by atoms with E-state index in [9.17, 15) is 0 Å². The fraction of sp³-hybridized carbons (Fsp3) is 0.227. The minimum Gasteiger partial charge on any atom is -0.398 e. The number of nitrogens with one attached hydrogen (secondary N) is 1. The molecule has 1 aliphatic heterocycles. The zero-order valence-electron chi connectivity index (χ0n) is 15.6. The van der Waals surface area contributed by atoms with Crippen LogP contribution in [0.3, 0.4) is 0 Å². The summed E-state index contributed by atoms with van der Waals surface area (Å²) < 4.78 is 0. The van der Waals surface area contributed by atoms with Gasteiger partial charge in [0.2, 0.25) is 0 Å². The van der Waals surface area contributed by atoms with Crippen LogP contribution in [-0.4, -0.2) is 16.5 Å². The van der Waals surface area contributed by atoms with Gasteiger partial charge in [-0.25, -0.2) is 4.98 Å². The van der Waals surface area contributed by atoms with Gasteiger partial charge in [-0.2, -0.15) is 0 Å². The molecule has 4 rings (SSSR count). The van der Waals surface area contributed by atoms with E-state index in [1.807, 2.05) is 6.07 Å². The molecule has 5 heteroatoms. The average molecular weight is 381 g/mol. The van der Waals surface area contributed by atoms with Crippen molar-refractivity contribution >= 4 is 33.9 Å². The summed E-state index contributed by atoms with van der Waals surface area (Å²) in [7, 11) is 0. The minimum absolute atomic E-state index is 0.473. The minimum atomic E-state index is 0.473. The molecule has 3 heterocycles. The first-order valence-electron chi connectivity index (χ1n) is 9.11. The van der Waals surface area contributed by atoms with E-state index in [1.165, 1.54) is 23.4 Å². The Morgan fingerprint density at radius 3 is 2.81 bits per heavy atom. The van der Waals surface area contributed by atoms with Crippen LogP contribution in [0.4, 0.5) is 5.69 Å². The Morgan fingerprint density at radius 1 is 1.30 bits per heavy atom. The number of para-hydroxylation sites is 1. The quantitative estimate of drug-likeness (QED) is 0.589. The second-order valence-electron chi connectivity index (χ2n) is 6.65. The molecule has 0 saturated carbocycles. The third-order valence-corrected chi connectivity index (χ3v) is 4.82. The van der Waals surface area contributed by atoms with Crippen LogP contribution in [0.15, 0.2) is 61.4 Å². The molecule has 0 bridgehead atoms. The molecule has 0 fully saturated rings. The monoisotopic (exact) mass is 380 g/mol. The highest BCUT2D eigenvalue weighted by Gasteiger charge is 2.17. The molecule has 4 nitrogen and oxygen atoms in total. The maximum absolute atomic E-state index is 5.73. The van der Waals surface area contributed by atoms with Crippen molar-refractivity contribution in [2.45, 2.75) is 26.2 Å². The lowest BCUT2D eigenvalue weighted by atomic mass is 10.00. The first kappa shape index (κ1) is 19.1. The normalized spacial score (nSPS) is 13.1. The van der Waals surface area contributed by atoms with Crippen molar-refractivity contribution < 1.29 is 0 Å². The van der Waals surface area contributed by atoms with E-state index in [1.54, 1.807) is 12.3 Å². The summed E-state index contributed by atoms with van der Waals surface area (Å²) >= 11 is 5.73. The van der Waals surface area contributed by atoms with Gasteiger partial charge in [0.15, 0.2) is 0 Å². The van der Waals surface area contributed by atoms with Crippen LogP contribution >= 0.6 is 11.6 Å². The number of benzene rings is 1. The molecule has 1 aromatic carbocycles. The van der Waals surface area contributed by atoms with Gasteiger partial charge in [-0.15, -0.1) is 0 Å². The van der Waals surface area contributed by atoms with Gasteiger partial charge in [0.05, 0.1) is 17.4 Å². The number of pyridine rings is 1. The Labute approximate surface area is 165 Å². The molecule has 0 unspecified atom stereocenters. The number of H-pyrrole nitrogens is 1. The number of anilines is 1. The summed E-state index contributed by atoms with van der Waals surface area (Å²) in [6, 6.07) is 12.3. The molecule has 2 aromatic heterocycles. The number of fused-ring (bicyclic) bond motifs is 2. The molecule has 3 aromatic rings. The lowest BCUT2D eigenvalue weighted by molar-refractivity contribution is 0.762. The van der Waals surface area contributed by atoms with Crippen molar-refractivity contribution in [3.63, 3.8) is 0 Å². The number of hydrogen-bond acceptors (Lipinski definition) is 3. The number of hydrogen-bond donors (Lipinski definition) is 2. The predicted octanol–water partition coefficient (Wildman–Crippen LogP) is 5.51. The van der Waals surface area contributed by atoms with Crippen LogP contribution in [-0.2, 0) is 6.42 Å². The average Bonchev–Trinajstić information content (AvgIpc) is 3.08. The van der Waals surface area contributed by atoms with E-state index < -0.39 is 0 Å². The van der Waals surface area contributed by atoms with Crippen molar-refractivity contribution in [3.05, 3.63) is 77.9 Å². The van der Waals surface area contributed by atoms with E-state index in [4.69, 9.17) is 17.3 Å². The van der Waals surface area contributed by atoms with Crippen LogP contribution in [0.2, 0.25) is 5.15 Å². The molecule has 0 spiro atoms. The fourth-order valence-electron chi connectivity index (χ4n) is 3.25. The lowest BCUT2D eigenvalue weighted by Gasteiger charge is -2.32. The summed E-state index contributed by atoms with van der Waals surface area (Å²) in [5.74, 6) is 0. The van der Waals surface area contributed by atoms with Gasteiger partial charge < -0.3 is 15.6 Å². The Bertz CT molecular complexity index is 973. The van der Waals surface area contributed by atoms with Gasteiger partial charge in [0, 0.05) is 29.0 Å². The number of nitrogens with two attached hydrogens (primary N) is 1. The zero-order chi connectivity index (χ0) is 19.4. The molecule has 0 atom stereocenters. The summed E-state index contributed by atoms with van der Waals surface area (Å²) in [4.78, 5) is 9.38. The number of rotatable bonds is 3. The van der Waals surface area contributed by atoms with Gasteiger partial charge in [-0.3, -0.25) is 0 Å². The van der Waals surface area contributed by atoms with E-state index in [-0.39, 0.29) is 0 Å². The maximum Gasteiger partial charge on any atom is 0.129 e. The molecule has 0 aliphatic carbocycles. The molecular formula is C22H25ClN4. The highest BCUT2D eigenvalue weighted by molar-refractivity contribution is 6.30. The largest absolute Gasteiger partial charge is 0.398 e. The van der Waals surface area contributed by atoms with E-state index in [2.05, 4.69) is 59.2 Å². The molecule has 0 amide bonds. The van der Waals surface area contributed by atoms with E-state index in [0.29, 0.717) is 10.9 Å². The molecule has 1 aliphatic rings.